The number of oxazole rings is 1. The number of likely N-dealkylation sites (N-methyl/N-ethyl adjacent to an activating group) is 1. The van der Waals surface area contributed by atoms with Gasteiger partial charge in [-0.3, -0.25) is 0 Å². The molecule has 0 saturated heterocycles. The fraction of sp³-hybridized carbons (Fsp3) is 0.163. The number of hydrogen-bond donors (Lipinski definition) is 0. The Labute approximate surface area is 398 Å². The Kier molecular flexibility index (Phi) is 14.4. The van der Waals surface area contributed by atoms with Gasteiger partial charge in [-0.05, 0) is 23.8 Å². The molecule has 1 aliphatic heterocycles. The molecule has 1 aliphatic rings. The molecule has 0 fully saturated rings. The molecule has 0 saturated carbocycles. The monoisotopic (exact) mass is 1050 g/mol. The average Bonchev–Trinajstić information content (AvgIpc) is 3.82. The van der Waals surface area contributed by atoms with Crippen LogP contribution in [0, 0.1) is 116 Å². The summed E-state index contributed by atoms with van der Waals surface area (Å²) in [4.78, 5) is 2.30. The van der Waals surface area contributed by atoms with Gasteiger partial charge in [-0.2, -0.15) is 4.57 Å². The van der Waals surface area contributed by atoms with E-state index < -0.39 is 144 Å². The summed E-state index contributed by atoms with van der Waals surface area (Å²) in [6, 6.07) is 16.9. The van der Waals surface area contributed by atoms with E-state index in [9.17, 15) is 52.7 Å². The van der Waals surface area contributed by atoms with E-state index in [0.717, 1.165) is 36.4 Å². The Bertz CT molecular complexity index is 3080. The largest absolute Gasteiger partial charge is 0.398 e. The molecule has 24 heteroatoms. The van der Waals surface area contributed by atoms with Crippen molar-refractivity contribution in [2.45, 2.75) is 45.6 Å². The number of para-hydroxylation sites is 3. The third-order valence-electron chi connectivity index (χ3n) is 12.5. The summed E-state index contributed by atoms with van der Waals surface area (Å²) in [5, 5.41) is 0. The summed E-state index contributed by atoms with van der Waals surface area (Å²) in [7, 11) is 2.15. The second-order valence-corrected chi connectivity index (χ2v) is 16.8. The van der Waals surface area contributed by atoms with Crippen LogP contribution in [0.4, 0.5) is 93.5 Å². The van der Waals surface area contributed by atoms with E-state index in [0.29, 0.717) is 0 Å². The van der Waals surface area contributed by atoms with E-state index in [4.69, 9.17) is 4.42 Å². The van der Waals surface area contributed by atoms with E-state index >= 15 is 35.1 Å². The highest BCUT2D eigenvalue weighted by Crippen LogP contribution is 2.46. The number of unbranched alkanes of at least 4 members (excludes halogenated alkanes) is 1. The van der Waals surface area contributed by atoms with Crippen molar-refractivity contribution in [2.24, 2.45) is 0 Å². The molecule has 6 aromatic carbocycles. The van der Waals surface area contributed by atoms with Gasteiger partial charge in [0.1, 0.15) is 52.7 Å². The lowest BCUT2D eigenvalue weighted by Gasteiger charge is -2.44. The first kappa shape index (κ1) is 53.5. The van der Waals surface area contributed by atoms with Gasteiger partial charge in [0.15, 0.2) is 76.4 Å². The second-order valence-electron chi connectivity index (χ2n) is 16.8. The molecule has 2 heterocycles. The number of benzene rings is 6. The van der Waals surface area contributed by atoms with Crippen LogP contribution in [-0.4, -0.2) is 13.2 Å². The van der Waals surface area contributed by atoms with Gasteiger partial charge < -0.3 is 9.32 Å². The standard InChI is InChI=1S/C25H29N2O.C24BF20/c1-5-6-18-27-21-14-9-10-15-22(21)28-24(27)17-11-16-23-25(2,3)19-12-7-8-13-20(19)26(23)4;26-5-1(6(27)14(35)21(42)13(5)34)25(2-7(28)15(36)22(43)16(37)8(2)29,3-9(30)17(38)23(44)18(39)10(3)31)4-11(32)19(40)24(45)20(41)12(4)33/h7-17H,5-6,18H2,1-4H3;/q+1;-1. The molecule has 3 nitrogen and oxygen atoms in total. The lowest BCUT2D eigenvalue weighted by atomic mass is 9.12. The summed E-state index contributed by atoms with van der Waals surface area (Å²) < 4.78 is 302. The van der Waals surface area contributed by atoms with Crippen LogP contribution >= 0.6 is 0 Å². The zero-order valence-electron chi connectivity index (χ0n) is 37.4. The maximum absolute atomic E-state index is 15.4. The summed E-state index contributed by atoms with van der Waals surface area (Å²) >= 11 is 0. The van der Waals surface area contributed by atoms with Crippen molar-refractivity contribution < 1.29 is 96.8 Å². The van der Waals surface area contributed by atoms with Crippen molar-refractivity contribution in [3.63, 3.8) is 0 Å². The van der Waals surface area contributed by atoms with E-state index in [-0.39, 0.29) is 5.41 Å². The van der Waals surface area contributed by atoms with Crippen LogP contribution in [0.3, 0.4) is 0 Å². The molecule has 7 aromatic rings. The molecule has 0 radical (unpaired) electrons. The first-order valence-corrected chi connectivity index (χ1v) is 21.1. The van der Waals surface area contributed by atoms with Crippen LogP contribution in [-0.2, 0) is 12.0 Å². The molecule has 8 rings (SSSR count). The molecule has 0 unspecified atom stereocenters. The topological polar surface area (TPSA) is 20.3 Å². The van der Waals surface area contributed by atoms with E-state index in [1.807, 2.05) is 12.1 Å². The molecule has 0 bridgehead atoms. The normalized spacial score (nSPS) is 14.0. The fourth-order valence-electron chi connectivity index (χ4n) is 9.12. The lowest BCUT2D eigenvalue weighted by Crippen LogP contribution is -2.81. The Balaban J connectivity index is 0.000000237. The van der Waals surface area contributed by atoms with Gasteiger partial charge in [0.05, 0.1) is 6.08 Å². The molecule has 0 atom stereocenters. The van der Waals surface area contributed by atoms with Crippen LogP contribution in [0.5, 0.6) is 0 Å². The molecule has 0 N–H and O–H groups in total. The van der Waals surface area contributed by atoms with Crippen molar-refractivity contribution in [3.05, 3.63) is 194 Å². The van der Waals surface area contributed by atoms with Gasteiger partial charge in [0.25, 0.3) is 5.52 Å². The predicted octanol–water partition coefficient (Wildman–Crippen LogP) is 11.7. The van der Waals surface area contributed by atoms with Gasteiger partial charge >= 0.3 is 5.89 Å². The third kappa shape index (κ3) is 8.16. The van der Waals surface area contributed by atoms with Crippen molar-refractivity contribution in [1.82, 2.24) is 0 Å². The molecule has 384 valence electrons. The van der Waals surface area contributed by atoms with Gasteiger partial charge in [0.2, 0.25) is 5.58 Å². The number of hydrogen-bond acceptors (Lipinski definition) is 2. The van der Waals surface area contributed by atoms with E-state index in [1.54, 1.807) is 0 Å². The summed E-state index contributed by atoms with van der Waals surface area (Å²) in [6.45, 7) is 7.77. The van der Waals surface area contributed by atoms with E-state index in [1.165, 1.54) is 16.9 Å². The summed E-state index contributed by atoms with van der Waals surface area (Å²) in [5.41, 5.74) is -8.29. The molecular formula is C49H29BF20N2O. The lowest BCUT2D eigenvalue weighted by molar-refractivity contribution is -0.678. The smallest absolute Gasteiger partial charge is 0.374 e. The number of halogens is 20. The van der Waals surface area contributed by atoms with Crippen molar-refractivity contribution in [3.8, 4) is 0 Å². The predicted molar refractivity (Wildman–Crippen MR) is 226 cm³/mol. The van der Waals surface area contributed by atoms with Crippen molar-refractivity contribution in [1.29, 1.82) is 0 Å². The summed E-state index contributed by atoms with van der Waals surface area (Å²) in [5.74, 6) is -70.5. The Hall–Kier alpha value is -7.27. The van der Waals surface area contributed by atoms with Crippen LogP contribution in [0.25, 0.3) is 17.2 Å². The number of fused-ring (bicyclic) bond motifs is 2. The minimum absolute atomic E-state index is 0.0122. The Morgan fingerprint density at radius 3 is 1.21 bits per heavy atom. The Morgan fingerprint density at radius 2 is 0.836 bits per heavy atom. The second kappa shape index (κ2) is 19.6. The number of anilines is 1. The number of allylic oxidation sites excluding steroid dienone is 3. The first-order valence-electron chi connectivity index (χ1n) is 21.1. The SMILES string of the molecule is CCCC[n+]1c(C=CC=C2N(C)c3ccccc3C2(C)C)oc2ccccc21.Fc1c(F)c(F)c([B-](c2c(F)c(F)c(F)c(F)c2F)(c2c(F)c(F)c(F)c(F)c2F)c2c(F)c(F)c(F)c(F)c2F)c(F)c1F. The van der Waals surface area contributed by atoms with Crippen molar-refractivity contribution >= 4 is 50.9 Å². The molecule has 0 spiro atoms. The molecule has 73 heavy (non-hydrogen) atoms. The molecule has 0 amide bonds. The highest BCUT2D eigenvalue weighted by Gasteiger charge is 2.52. The third-order valence-corrected chi connectivity index (χ3v) is 12.5. The number of nitrogens with zero attached hydrogens (tertiary/aromatic N) is 2. The minimum atomic E-state index is -7.22. The highest BCUT2D eigenvalue weighted by atomic mass is 19.2. The first-order chi connectivity index (χ1) is 34.2. The zero-order valence-corrected chi connectivity index (χ0v) is 37.4. The van der Waals surface area contributed by atoms with Gasteiger partial charge in [-0.15, -0.1) is 21.9 Å². The molecular weight excluding hydrogens is 1020 g/mol. The maximum Gasteiger partial charge on any atom is 0.374 e. The van der Waals surface area contributed by atoms with E-state index in [2.05, 4.69) is 91.9 Å². The number of aryl methyl sites for hydroxylation is 1. The van der Waals surface area contributed by atoms with Crippen molar-refractivity contribution in [2.75, 3.05) is 11.9 Å². The van der Waals surface area contributed by atoms with Crippen LogP contribution in [0.15, 0.2) is 70.8 Å². The Morgan fingerprint density at radius 1 is 0.493 bits per heavy atom. The van der Waals surface area contributed by atoms with Crippen LogP contribution in [0.1, 0.15) is 45.1 Å². The highest BCUT2D eigenvalue weighted by molar-refractivity contribution is 7.20. The van der Waals surface area contributed by atoms with Gasteiger partial charge in [-0.1, -0.05) is 63.6 Å². The molecule has 0 aliphatic carbocycles. The summed E-state index contributed by atoms with van der Waals surface area (Å²) in [6.07, 6.45) is 1.52. The number of rotatable bonds is 9. The molecule has 1 aromatic heterocycles. The average molecular weight is 1050 g/mol. The minimum Gasteiger partial charge on any atom is -0.398 e. The fourth-order valence-corrected chi connectivity index (χ4v) is 9.12. The van der Waals surface area contributed by atoms with Crippen LogP contribution in [0.2, 0.25) is 0 Å². The van der Waals surface area contributed by atoms with Gasteiger partial charge in [-0.25, -0.2) is 87.8 Å². The van der Waals surface area contributed by atoms with Gasteiger partial charge in [0, 0.05) is 36.3 Å². The van der Waals surface area contributed by atoms with Crippen LogP contribution < -0.4 is 31.3 Å². The quantitative estimate of drug-likeness (QED) is 0.0472. The maximum atomic E-state index is 15.4. The zero-order chi connectivity index (χ0) is 54.1. The number of aromatic nitrogens is 1.